The van der Waals surface area contributed by atoms with Crippen molar-refractivity contribution in [3.8, 4) is 6.07 Å². The van der Waals surface area contributed by atoms with E-state index in [2.05, 4.69) is 11.4 Å². The molecule has 0 fully saturated rings. The zero-order valence-corrected chi connectivity index (χ0v) is 17.8. The lowest BCUT2D eigenvalue weighted by Gasteiger charge is -2.34. The minimum atomic E-state index is -1.63. The molecule has 0 aliphatic carbocycles. The fourth-order valence-electron chi connectivity index (χ4n) is 5.00. The first-order valence-corrected chi connectivity index (χ1v) is 10.4. The Balaban J connectivity index is 1.72. The van der Waals surface area contributed by atoms with Crippen LogP contribution in [0.15, 0.2) is 77.3 Å². The molecule has 3 aliphatic rings. The Morgan fingerprint density at radius 2 is 1.78 bits per heavy atom. The molecule has 3 aliphatic heterocycles. The number of ether oxygens (including phenoxy) is 1. The van der Waals surface area contributed by atoms with Crippen molar-refractivity contribution < 1.29 is 14.3 Å². The lowest BCUT2D eigenvalue weighted by molar-refractivity contribution is -0.145. The number of benzene rings is 2. The van der Waals surface area contributed by atoms with Crippen LogP contribution in [0.5, 0.6) is 0 Å². The minimum Gasteiger partial charge on any atom is -0.450 e. The summed E-state index contributed by atoms with van der Waals surface area (Å²) in [6.07, 6.45) is 0.623. The Labute approximate surface area is 185 Å². The van der Waals surface area contributed by atoms with E-state index in [4.69, 9.17) is 10.5 Å². The van der Waals surface area contributed by atoms with Gasteiger partial charge in [0.2, 0.25) is 5.91 Å². The largest absolute Gasteiger partial charge is 0.450 e. The third-order valence-electron chi connectivity index (χ3n) is 6.43. The smallest absolute Gasteiger partial charge is 0.338 e. The molecule has 0 bridgehead atoms. The van der Waals surface area contributed by atoms with Crippen LogP contribution in [0.3, 0.4) is 0 Å². The van der Waals surface area contributed by atoms with Crippen LogP contribution in [-0.4, -0.2) is 24.0 Å². The minimum absolute atomic E-state index is 0.0190. The number of amides is 1. The Kier molecular flexibility index (Phi) is 4.18. The third-order valence-corrected chi connectivity index (χ3v) is 6.43. The zero-order valence-electron chi connectivity index (χ0n) is 17.8. The van der Waals surface area contributed by atoms with Crippen molar-refractivity contribution in [2.24, 2.45) is 5.73 Å². The molecule has 32 heavy (non-hydrogen) atoms. The summed E-state index contributed by atoms with van der Waals surface area (Å²) in [4.78, 5) is 29.0. The molecule has 0 radical (unpaired) electrons. The van der Waals surface area contributed by atoms with Gasteiger partial charge in [0.05, 0.1) is 16.8 Å². The van der Waals surface area contributed by atoms with E-state index in [1.54, 1.807) is 30.9 Å². The molecular weight excluding hydrogens is 404 g/mol. The molecule has 1 atom stereocenters. The Morgan fingerprint density at radius 3 is 2.50 bits per heavy atom. The second-order valence-corrected chi connectivity index (χ2v) is 8.63. The van der Waals surface area contributed by atoms with Gasteiger partial charge >= 0.3 is 5.97 Å². The van der Waals surface area contributed by atoms with Gasteiger partial charge in [-0.25, -0.2) is 4.79 Å². The first-order valence-electron chi connectivity index (χ1n) is 10.4. The van der Waals surface area contributed by atoms with Gasteiger partial charge in [-0.2, -0.15) is 5.26 Å². The predicted octanol–water partition coefficient (Wildman–Crippen LogP) is 2.40. The summed E-state index contributed by atoms with van der Waals surface area (Å²) in [5, 5.41) is 13.1. The maximum absolute atomic E-state index is 14.2. The average molecular weight is 426 g/mol. The van der Waals surface area contributed by atoms with Crippen molar-refractivity contribution in [3.63, 3.8) is 0 Å². The number of para-hydroxylation sites is 1. The van der Waals surface area contributed by atoms with Gasteiger partial charge in [0.15, 0.2) is 0 Å². The van der Waals surface area contributed by atoms with Crippen molar-refractivity contribution in [2.45, 2.75) is 31.3 Å². The molecule has 160 valence electrons. The second kappa shape index (κ2) is 6.72. The summed E-state index contributed by atoms with van der Waals surface area (Å²) in [5.41, 5.74) is 6.55. The molecule has 0 saturated carbocycles. The average Bonchev–Trinajstić information content (AvgIpc) is 3.15. The summed E-state index contributed by atoms with van der Waals surface area (Å²) in [5.74, 6) is -0.922. The quantitative estimate of drug-likeness (QED) is 0.730. The molecule has 7 nitrogen and oxygen atoms in total. The standard InChI is InChI=1S/C25H22N4O3/c1-24(2)20-19(22(30)32-24)25(17(14-26)21(27)28-20)16-10-6-7-11-18(16)29(23(25)31)13-12-15-8-4-3-5-9-15/h3-11,28H,12-13,27H2,1-2H3/t25-/m0/s1. The van der Waals surface area contributed by atoms with Gasteiger partial charge < -0.3 is 20.7 Å². The summed E-state index contributed by atoms with van der Waals surface area (Å²) < 4.78 is 5.61. The number of fused-ring (bicyclic) bond motifs is 3. The van der Waals surface area contributed by atoms with Crippen LogP contribution >= 0.6 is 0 Å². The fourth-order valence-corrected chi connectivity index (χ4v) is 5.00. The van der Waals surface area contributed by atoms with E-state index in [9.17, 15) is 14.9 Å². The number of esters is 1. The first kappa shape index (κ1) is 19.9. The van der Waals surface area contributed by atoms with Crippen molar-refractivity contribution in [1.82, 2.24) is 5.32 Å². The molecule has 3 N–H and O–H groups in total. The molecular formula is C25H22N4O3. The van der Waals surface area contributed by atoms with E-state index in [0.29, 0.717) is 29.9 Å². The van der Waals surface area contributed by atoms with Gasteiger partial charge in [-0.1, -0.05) is 48.5 Å². The Hall–Kier alpha value is -4.05. The van der Waals surface area contributed by atoms with Crippen LogP contribution in [0.25, 0.3) is 0 Å². The van der Waals surface area contributed by atoms with E-state index in [0.717, 1.165) is 5.56 Å². The molecule has 7 heteroatoms. The predicted molar refractivity (Wildman–Crippen MR) is 118 cm³/mol. The molecule has 0 saturated heterocycles. The topological polar surface area (TPSA) is 108 Å². The van der Waals surface area contributed by atoms with Gasteiger partial charge in [-0.3, -0.25) is 4.79 Å². The van der Waals surface area contributed by atoms with Crippen LogP contribution < -0.4 is 16.0 Å². The molecule has 3 heterocycles. The highest BCUT2D eigenvalue weighted by atomic mass is 16.6. The Morgan fingerprint density at radius 1 is 1.09 bits per heavy atom. The fraction of sp³-hybridized carbons (Fsp3) is 0.240. The Bertz CT molecular complexity index is 1270. The van der Waals surface area contributed by atoms with E-state index >= 15 is 0 Å². The second-order valence-electron chi connectivity index (χ2n) is 8.63. The van der Waals surface area contributed by atoms with Crippen molar-refractivity contribution in [3.05, 3.63) is 88.4 Å². The number of anilines is 1. The number of hydrogen-bond donors (Lipinski definition) is 2. The van der Waals surface area contributed by atoms with Crippen molar-refractivity contribution in [2.75, 3.05) is 11.4 Å². The van der Waals surface area contributed by atoms with Crippen LogP contribution in [0.4, 0.5) is 5.69 Å². The van der Waals surface area contributed by atoms with Crippen LogP contribution in [0, 0.1) is 11.3 Å². The highest BCUT2D eigenvalue weighted by molar-refractivity contribution is 6.19. The highest BCUT2D eigenvalue weighted by Gasteiger charge is 2.64. The summed E-state index contributed by atoms with van der Waals surface area (Å²) in [7, 11) is 0. The highest BCUT2D eigenvalue weighted by Crippen LogP contribution is 2.56. The van der Waals surface area contributed by atoms with Crippen molar-refractivity contribution >= 4 is 17.6 Å². The number of nitriles is 1. The molecule has 1 amide bonds. The van der Waals surface area contributed by atoms with E-state index in [1.165, 1.54) is 0 Å². The number of cyclic esters (lactones) is 1. The molecule has 0 aromatic heterocycles. The van der Waals surface area contributed by atoms with Gasteiger partial charge in [-0.05, 0) is 31.9 Å². The summed E-state index contributed by atoms with van der Waals surface area (Å²) in [6.45, 7) is 3.86. The monoisotopic (exact) mass is 426 g/mol. The number of nitrogens with two attached hydrogens (primary N) is 1. The number of carbonyl (C=O) groups is 2. The SMILES string of the molecule is CC1(C)OC(=O)C2=C1NC(N)=C(C#N)[C@]21C(=O)N(CCc2ccccc2)c2ccccc21. The number of nitrogens with one attached hydrogen (secondary N) is 1. The lowest BCUT2D eigenvalue weighted by atomic mass is 9.67. The van der Waals surface area contributed by atoms with Gasteiger partial charge in [0, 0.05) is 17.8 Å². The molecule has 2 aromatic rings. The van der Waals surface area contributed by atoms with E-state index in [-0.39, 0.29) is 22.9 Å². The van der Waals surface area contributed by atoms with Crippen LogP contribution in [-0.2, 0) is 26.2 Å². The van der Waals surface area contributed by atoms with Gasteiger partial charge in [-0.15, -0.1) is 0 Å². The third kappa shape index (κ3) is 2.47. The van der Waals surface area contributed by atoms with E-state index in [1.807, 2.05) is 42.5 Å². The maximum atomic E-state index is 14.2. The van der Waals surface area contributed by atoms with Crippen LogP contribution in [0.1, 0.15) is 25.0 Å². The molecule has 2 aromatic carbocycles. The van der Waals surface area contributed by atoms with Crippen LogP contribution in [0.2, 0.25) is 0 Å². The zero-order chi connectivity index (χ0) is 22.7. The normalized spacial score (nSPS) is 23.1. The number of rotatable bonds is 3. The van der Waals surface area contributed by atoms with E-state index < -0.39 is 17.0 Å². The number of nitrogens with zero attached hydrogens (tertiary/aromatic N) is 2. The lowest BCUT2D eigenvalue weighted by Crippen LogP contribution is -2.50. The molecule has 0 unspecified atom stereocenters. The van der Waals surface area contributed by atoms with Crippen molar-refractivity contribution in [1.29, 1.82) is 5.26 Å². The molecule has 1 spiro atoms. The first-order chi connectivity index (χ1) is 15.3. The van der Waals surface area contributed by atoms with Gasteiger partial charge in [0.1, 0.15) is 22.9 Å². The summed E-state index contributed by atoms with van der Waals surface area (Å²) >= 11 is 0. The maximum Gasteiger partial charge on any atom is 0.338 e. The number of hydrogen-bond acceptors (Lipinski definition) is 6. The van der Waals surface area contributed by atoms with Gasteiger partial charge in [0.25, 0.3) is 0 Å². The number of dihydropyridines is 1. The number of carbonyl (C=O) groups excluding carboxylic acids is 2. The summed E-state index contributed by atoms with van der Waals surface area (Å²) in [6, 6.07) is 19.2. The molecule has 5 rings (SSSR count).